The Morgan fingerprint density at radius 3 is 2.68 bits per heavy atom. The van der Waals surface area contributed by atoms with Gasteiger partial charge in [-0.05, 0) is 38.0 Å². The molecule has 1 N–H and O–H groups in total. The van der Waals surface area contributed by atoms with Crippen molar-refractivity contribution < 1.29 is 9.50 Å². The second kappa shape index (κ2) is 6.14. The minimum atomic E-state index is -0.367. The number of hydrogen-bond donors (Lipinski definition) is 1. The lowest BCUT2D eigenvalue weighted by Crippen LogP contribution is -2.26. The Bertz CT molecular complexity index is 640. The van der Waals surface area contributed by atoms with Gasteiger partial charge in [0.1, 0.15) is 17.5 Å². The molecule has 1 saturated heterocycles. The van der Waals surface area contributed by atoms with Crippen molar-refractivity contribution in [2.45, 2.75) is 45.5 Å². The fraction of sp³-hybridized carbons (Fsp3) is 0.500. The van der Waals surface area contributed by atoms with Gasteiger partial charge in [-0.2, -0.15) is 0 Å². The number of likely N-dealkylation sites (tertiary alicyclic amines) is 1. The molecule has 0 bridgehead atoms. The van der Waals surface area contributed by atoms with Crippen LogP contribution in [0.2, 0.25) is 0 Å². The van der Waals surface area contributed by atoms with Crippen molar-refractivity contribution in [3.8, 4) is 0 Å². The first kappa shape index (κ1) is 15.1. The monoisotopic (exact) mass is 304 g/mol. The van der Waals surface area contributed by atoms with Crippen molar-refractivity contribution in [2.75, 3.05) is 6.54 Å². The fourth-order valence-corrected chi connectivity index (χ4v) is 3.22. The van der Waals surface area contributed by atoms with Crippen molar-refractivity contribution in [3.63, 3.8) is 0 Å². The van der Waals surface area contributed by atoms with Crippen LogP contribution in [0.4, 0.5) is 4.39 Å². The molecule has 1 aliphatic rings. The summed E-state index contributed by atoms with van der Waals surface area (Å²) < 4.78 is 15.2. The second-order valence-corrected chi connectivity index (χ2v) is 5.79. The molecule has 0 saturated carbocycles. The smallest absolute Gasteiger partial charge is 0.147 e. The molecule has 1 aliphatic heterocycles. The predicted octanol–water partition coefficient (Wildman–Crippen LogP) is 2.05. The predicted molar refractivity (Wildman–Crippen MR) is 80.6 cm³/mol. The molecule has 1 aromatic carbocycles. The van der Waals surface area contributed by atoms with Crippen LogP contribution in [0, 0.1) is 12.7 Å². The lowest BCUT2D eigenvalue weighted by Gasteiger charge is -2.24. The molecule has 0 spiro atoms. The van der Waals surface area contributed by atoms with Crippen LogP contribution in [0.3, 0.4) is 0 Å². The third-order valence-corrected chi connectivity index (χ3v) is 4.31. The molecular weight excluding hydrogens is 283 g/mol. The summed E-state index contributed by atoms with van der Waals surface area (Å²) in [4.78, 5) is 2.19. The van der Waals surface area contributed by atoms with E-state index in [4.69, 9.17) is 0 Å². The molecule has 2 aromatic rings. The zero-order chi connectivity index (χ0) is 15.7. The van der Waals surface area contributed by atoms with Crippen LogP contribution in [0.25, 0.3) is 0 Å². The Labute approximate surface area is 129 Å². The minimum Gasteiger partial charge on any atom is -0.392 e. The first-order valence-electron chi connectivity index (χ1n) is 7.64. The van der Waals surface area contributed by atoms with Crippen molar-refractivity contribution in [1.82, 2.24) is 19.7 Å². The van der Waals surface area contributed by atoms with E-state index in [1.54, 1.807) is 12.1 Å². The van der Waals surface area contributed by atoms with E-state index in [9.17, 15) is 9.50 Å². The van der Waals surface area contributed by atoms with Crippen molar-refractivity contribution in [1.29, 1.82) is 0 Å². The van der Waals surface area contributed by atoms with Gasteiger partial charge in [-0.15, -0.1) is 10.2 Å². The highest BCUT2D eigenvalue weighted by molar-refractivity contribution is 5.21. The maximum Gasteiger partial charge on any atom is 0.147 e. The van der Waals surface area contributed by atoms with Gasteiger partial charge in [0.05, 0.1) is 12.6 Å². The molecular formula is C16H21FN4O. The van der Waals surface area contributed by atoms with Crippen LogP contribution in [0.5, 0.6) is 0 Å². The Balaban J connectivity index is 1.83. The molecule has 0 amide bonds. The summed E-state index contributed by atoms with van der Waals surface area (Å²) in [5.74, 6) is 1.56. The van der Waals surface area contributed by atoms with Gasteiger partial charge in [0.25, 0.3) is 0 Å². The number of aromatic nitrogens is 3. The normalized spacial score (nSPS) is 22.4. The molecule has 118 valence electrons. The maximum absolute atomic E-state index is 13.1. The summed E-state index contributed by atoms with van der Waals surface area (Å²) in [6, 6.07) is 6.60. The number of β-amino-alcohol motifs (C(OH)–C–C–N with tert-alkyl or cyclic N) is 1. The summed E-state index contributed by atoms with van der Waals surface area (Å²) in [5.41, 5.74) is 1.03. The van der Waals surface area contributed by atoms with Gasteiger partial charge >= 0.3 is 0 Å². The summed E-state index contributed by atoms with van der Waals surface area (Å²) in [6.45, 7) is 6.06. The quantitative estimate of drug-likeness (QED) is 0.939. The number of rotatable bonds is 4. The van der Waals surface area contributed by atoms with Crippen LogP contribution in [-0.2, 0) is 13.1 Å². The zero-order valence-electron chi connectivity index (χ0n) is 12.9. The Morgan fingerprint density at radius 1 is 1.27 bits per heavy atom. The van der Waals surface area contributed by atoms with Gasteiger partial charge in [0.15, 0.2) is 0 Å². The van der Waals surface area contributed by atoms with Gasteiger partial charge < -0.3 is 9.67 Å². The third-order valence-electron chi connectivity index (χ3n) is 4.31. The third kappa shape index (κ3) is 2.89. The molecule has 2 heterocycles. The van der Waals surface area contributed by atoms with Gasteiger partial charge in [-0.1, -0.05) is 12.1 Å². The topological polar surface area (TPSA) is 54.2 Å². The number of aryl methyl sites for hydroxylation is 1. The van der Waals surface area contributed by atoms with E-state index in [0.29, 0.717) is 19.5 Å². The SMILES string of the molecule is CCn1c(C)nnc1CN1CC(O)CC1c1ccc(F)cc1. The average Bonchev–Trinajstić information content (AvgIpc) is 3.03. The molecule has 1 aromatic heterocycles. The molecule has 2 atom stereocenters. The maximum atomic E-state index is 13.1. The molecule has 22 heavy (non-hydrogen) atoms. The standard InChI is InChI=1S/C16H21FN4O/c1-3-21-11(2)18-19-16(21)10-20-9-14(22)8-15(20)12-4-6-13(17)7-5-12/h4-7,14-15,22H,3,8-10H2,1-2H3. The van der Waals surface area contributed by atoms with Gasteiger partial charge in [0.2, 0.25) is 0 Å². The fourth-order valence-electron chi connectivity index (χ4n) is 3.22. The van der Waals surface area contributed by atoms with Crippen molar-refractivity contribution in [3.05, 3.63) is 47.3 Å². The zero-order valence-corrected chi connectivity index (χ0v) is 12.9. The molecule has 3 rings (SSSR count). The van der Waals surface area contributed by atoms with E-state index in [1.165, 1.54) is 12.1 Å². The Kier molecular flexibility index (Phi) is 4.22. The summed E-state index contributed by atoms with van der Waals surface area (Å²) >= 11 is 0. The Morgan fingerprint density at radius 2 is 2.00 bits per heavy atom. The summed E-state index contributed by atoms with van der Waals surface area (Å²) in [7, 11) is 0. The Hall–Kier alpha value is -1.79. The van der Waals surface area contributed by atoms with E-state index >= 15 is 0 Å². The number of halogens is 1. The molecule has 2 unspecified atom stereocenters. The number of hydrogen-bond acceptors (Lipinski definition) is 4. The molecule has 5 nitrogen and oxygen atoms in total. The van der Waals surface area contributed by atoms with E-state index in [0.717, 1.165) is 23.8 Å². The second-order valence-electron chi connectivity index (χ2n) is 5.79. The highest BCUT2D eigenvalue weighted by atomic mass is 19.1. The molecule has 0 aliphatic carbocycles. The van der Waals surface area contributed by atoms with Crippen LogP contribution < -0.4 is 0 Å². The first-order chi connectivity index (χ1) is 10.6. The number of nitrogens with zero attached hydrogens (tertiary/aromatic N) is 4. The summed E-state index contributed by atoms with van der Waals surface area (Å²) in [5, 5.41) is 18.4. The highest BCUT2D eigenvalue weighted by Gasteiger charge is 2.33. The molecule has 6 heteroatoms. The number of aliphatic hydroxyl groups is 1. The van der Waals surface area contributed by atoms with Gasteiger partial charge in [-0.3, -0.25) is 4.90 Å². The lowest BCUT2D eigenvalue weighted by molar-refractivity contribution is 0.170. The van der Waals surface area contributed by atoms with Crippen LogP contribution in [0.1, 0.15) is 36.6 Å². The van der Waals surface area contributed by atoms with E-state index in [-0.39, 0.29) is 18.0 Å². The minimum absolute atomic E-state index is 0.0814. The first-order valence-corrected chi connectivity index (χ1v) is 7.64. The largest absolute Gasteiger partial charge is 0.392 e. The van der Waals surface area contributed by atoms with E-state index in [2.05, 4.69) is 26.6 Å². The lowest BCUT2D eigenvalue weighted by atomic mass is 10.0. The van der Waals surface area contributed by atoms with Crippen molar-refractivity contribution >= 4 is 0 Å². The van der Waals surface area contributed by atoms with Crippen LogP contribution in [0.15, 0.2) is 24.3 Å². The molecule has 0 radical (unpaired) electrons. The van der Waals surface area contributed by atoms with Gasteiger partial charge in [-0.25, -0.2) is 4.39 Å². The van der Waals surface area contributed by atoms with E-state index < -0.39 is 0 Å². The van der Waals surface area contributed by atoms with E-state index in [1.807, 2.05) is 6.92 Å². The number of benzene rings is 1. The average molecular weight is 304 g/mol. The van der Waals surface area contributed by atoms with Crippen molar-refractivity contribution in [2.24, 2.45) is 0 Å². The molecule has 1 fully saturated rings. The highest BCUT2D eigenvalue weighted by Crippen LogP contribution is 2.33. The summed E-state index contributed by atoms with van der Waals surface area (Å²) in [6.07, 6.45) is 0.291. The van der Waals surface area contributed by atoms with Gasteiger partial charge in [0, 0.05) is 19.1 Å². The van der Waals surface area contributed by atoms with Crippen LogP contribution >= 0.6 is 0 Å². The number of aliphatic hydroxyl groups excluding tert-OH is 1. The van der Waals surface area contributed by atoms with Crippen LogP contribution in [-0.4, -0.2) is 37.4 Å².